The second kappa shape index (κ2) is 1.66. The minimum absolute atomic E-state index is 1.22. The molecule has 0 aromatic heterocycles. The van der Waals surface area contributed by atoms with Crippen molar-refractivity contribution >= 4 is 31.9 Å². The SMILES string of the molecule is BrC1=C(Br)CC1. The van der Waals surface area contributed by atoms with Gasteiger partial charge in [-0.2, -0.15) is 0 Å². The highest BCUT2D eigenvalue weighted by Crippen LogP contribution is 2.36. The van der Waals surface area contributed by atoms with Gasteiger partial charge in [-0.1, -0.05) is 31.9 Å². The van der Waals surface area contributed by atoms with Crippen molar-refractivity contribution in [1.82, 2.24) is 0 Å². The summed E-state index contributed by atoms with van der Waals surface area (Å²) in [7, 11) is 0. The van der Waals surface area contributed by atoms with Crippen LogP contribution >= 0.6 is 31.9 Å². The Kier molecular flexibility index (Phi) is 1.34. The van der Waals surface area contributed by atoms with Crippen LogP contribution in [0.1, 0.15) is 12.8 Å². The summed E-state index contributed by atoms with van der Waals surface area (Å²) in [5, 5.41) is 0. The second-order valence-electron chi connectivity index (χ2n) is 1.31. The summed E-state index contributed by atoms with van der Waals surface area (Å²) in [5.41, 5.74) is 0. The molecule has 1 aliphatic rings. The Hall–Kier alpha value is 0.700. The minimum atomic E-state index is 1.22. The van der Waals surface area contributed by atoms with Crippen LogP contribution in [0.3, 0.4) is 0 Å². The fourth-order valence-corrected chi connectivity index (χ4v) is 1.11. The normalized spacial score (nSPS) is 21.0. The van der Waals surface area contributed by atoms with Gasteiger partial charge in [0.05, 0.1) is 0 Å². The van der Waals surface area contributed by atoms with Crippen molar-refractivity contribution in [2.45, 2.75) is 12.8 Å². The van der Waals surface area contributed by atoms with Crippen LogP contribution in [0.5, 0.6) is 0 Å². The number of rotatable bonds is 0. The topological polar surface area (TPSA) is 0 Å². The summed E-state index contributed by atoms with van der Waals surface area (Å²) in [6.07, 6.45) is 2.45. The summed E-state index contributed by atoms with van der Waals surface area (Å²) in [6, 6.07) is 0. The molecule has 0 atom stereocenters. The molecule has 0 unspecified atom stereocenters. The van der Waals surface area contributed by atoms with Gasteiger partial charge in [-0.3, -0.25) is 0 Å². The molecule has 0 saturated carbocycles. The molecule has 1 rings (SSSR count). The van der Waals surface area contributed by atoms with Gasteiger partial charge >= 0.3 is 0 Å². The highest BCUT2D eigenvalue weighted by Gasteiger charge is 2.09. The molecule has 0 bridgehead atoms. The summed E-state index contributed by atoms with van der Waals surface area (Å²) < 4.78 is 2.67. The second-order valence-corrected chi connectivity index (χ2v) is 3.22. The fraction of sp³-hybridized carbons (Fsp3) is 0.500. The van der Waals surface area contributed by atoms with E-state index in [1.54, 1.807) is 0 Å². The van der Waals surface area contributed by atoms with Gasteiger partial charge in [0.1, 0.15) is 0 Å². The van der Waals surface area contributed by atoms with Crippen molar-refractivity contribution in [1.29, 1.82) is 0 Å². The molecule has 0 fully saturated rings. The van der Waals surface area contributed by atoms with E-state index in [-0.39, 0.29) is 0 Å². The maximum absolute atomic E-state index is 3.36. The molecule has 0 N–H and O–H groups in total. The zero-order valence-corrected chi connectivity index (χ0v) is 6.34. The molecular formula is C4H4Br2. The van der Waals surface area contributed by atoms with Gasteiger partial charge in [0.25, 0.3) is 0 Å². The zero-order valence-electron chi connectivity index (χ0n) is 3.17. The summed E-state index contributed by atoms with van der Waals surface area (Å²) in [5.74, 6) is 0. The molecule has 0 aliphatic heterocycles. The van der Waals surface area contributed by atoms with E-state index in [4.69, 9.17) is 0 Å². The van der Waals surface area contributed by atoms with Crippen molar-refractivity contribution < 1.29 is 0 Å². The van der Waals surface area contributed by atoms with Gasteiger partial charge < -0.3 is 0 Å². The molecular weight excluding hydrogens is 208 g/mol. The molecule has 0 saturated heterocycles. The van der Waals surface area contributed by atoms with E-state index in [0.717, 1.165) is 0 Å². The van der Waals surface area contributed by atoms with Crippen LogP contribution in [0, 0.1) is 0 Å². The van der Waals surface area contributed by atoms with E-state index in [0.29, 0.717) is 0 Å². The molecule has 0 radical (unpaired) electrons. The van der Waals surface area contributed by atoms with Gasteiger partial charge in [0.2, 0.25) is 0 Å². The average molecular weight is 212 g/mol. The standard InChI is InChI=1S/C4H4Br2/c5-3-1-2-4(3)6/h1-2H2. The average Bonchev–Trinajstić information content (AvgIpc) is 1.61. The van der Waals surface area contributed by atoms with Gasteiger partial charge in [0, 0.05) is 8.96 Å². The minimum Gasteiger partial charge on any atom is -0.0548 e. The Morgan fingerprint density at radius 3 is 1.33 bits per heavy atom. The molecule has 1 aliphatic carbocycles. The Bertz CT molecular complexity index is 81.7. The lowest BCUT2D eigenvalue weighted by Crippen LogP contribution is -1.89. The molecule has 6 heavy (non-hydrogen) atoms. The Morgan fingerprint density at radius 1 is 1.00 bits per heavy atom. The lowest BCUT2D eigenvalue weighted by molar-refractivity contribution is 0.932. The predicted octanol–water partition coefficient (Wildman–Crippen LogP) is 2.78. The van der Waals surface area contributed by atoms with Crippen molar-refractivity contribution in [3.8, 4) is 0 Å². The fourth-order valence-electron chi connectivity index (χ4n) is 0.314. The maximum atomic E-state index is 3.36. The molecule has 2 heteroatoms. The Balaban J connectivity index is 2.66. The number of halogens is 2. The molecule has 0 spiro atoms. The number of hydrogen-bond donors (Lipinski definition) is 0. The van der Waals surface area contributed by atoms with Gasteiger partial charge in [-0.25, -0.2) is 0 Å². The van der Waals surface area contributed by atoms with E-state index < -0.39 is 0 Å². The quantitative estimate of drug-likeness (QED) is 0.578. The molecule has 0 heterocycles. The number of hydrogen-bond acceptors (Lipinski definition) is 0. The van der Waals surface area contributed by atoms with E-state index in [2.05, 4.69) is 31.9 Å². The van der Waals surface area contributed by atoms with Crippen molar-refractivity contribution in [3.63, 3.8) is 0 Å². The van der Waals surface area contributed by atoms with Gasteiger partial charge in [0.15, 0.2) is 0 Å². The maximum Gasteiger partial charge on any atom is 0.00554 e. The van der Waals surface area contributed by atoms with Crippen LogP contribution < -0.4 is 0 Å². The molecule has 0 nitrogen and oxygen atoms in total. The first-order valence-electron chi connectivity index (χ1n) is 1.84. The van der Waals surface area contributed by atoms with Crippen LogP contribution in [0.4, 0.5) is 0 Å². The van der Waals surface area contributed by atoms with Crippen LogP contribution in [-0.2, 0) is 0 Å². The molecule has 0 amide bonds. The third-order valence-electron chi connectivity index (χ3n) is 0.858. The first-order chi connectivity index (χ1) is 2.80. The van der Waals surface area contributed by atoms with Crippen LogP contribution in [0.15, 0.2) is 8.96 Å². The summed E-state index contributed by atoms with van der Waals surface area (Å²) in [6.45, 7) is 0. The highest BCUT2D eigenvalue weighted by atomic mass is 79.9. The van der Waals surface area contributed by atoms with Gasteiger partial charge in [-0.15, -0.1) is 0 Å². The molecule has 34 valence electrons. The van der Waals surface area contributed by atoms with E-state index in [9.17, 15) is 0 Å². The lowest BCUT2D eigenvalue weighted by atomic mass is 10.1. The van der Waals surface area contributed by atoms with E-state index in [1.807, 2.05) is 0 Å². The molecule has 0 aromatic carbocycles. The van der Waals surface area contributed by atoms with Crippen LogP contribution in [-0.4, -0.2) is 0 Å². The zero-order chi connectivity index (χ0) is 4.57. The van der Waals surface area contributed by atoms with Crippen LogP contribution in [0.25, 0.3) is 0 Å². The van der Waals surface area contributed by atoms with Crippen molar-refractivity contribution in [2.24, 2.45) is 0 Å². The van der Waals surface area contributed by atoms with Crippen molar-refractivity contribution in [3.05, 3.63) is 8.96 Å². The van der Waals surface area contributed by atoms with Crippen molar-refractivity contribution in [2.75, 3.05) is 0 Å². The highest BCUT2D eigenvalue weighted by molar-refractivity contribution is 9.14. The first-order valence-corrected chi connectivity index (χ1v) is 3.42. The largest absolute Gasteiger partial charge is 0.0548 e. The third-order valence-corrected chi connectivity index (χ3v) is 3.14. The Morgan fingerprint density at radius 2 is 1.33 bits per heavy atom. The summed E-state index contributed by atoms with van der Waals surface area (Å²) in [4.78, 5) is 0. The molecule has 0 aromatic rings. The lowest BCUT2D eigenvalue weighted by Gasteiger charge is -2.10. The number of allylic oxidation sites excluding steroid dienone is 2. The first kappa shape index (κ1) is 4.85. The smallest absolute Gasteiger partial charge is 0.00554 e. The van der Waals surface area contributed by atoms with E-state index >= 15 is 0 Å². The third kappa shape index (κ3) is 0.684. The predicted molar refractivity (Wildman–Crippen MR) is 34.1 cm³/mol. The van der Waals surface area contributed by atoms with E-state index in [1.165, 1.54) is 21.8 Å². The summed E-state index contributed by atoms with van der Waals surface area (Å²) >= 11 is 6.72. The monoisotopic (exact) mass is 210 g/mol. The van der Waals surface area contributed by atoms with Crippen LogP contribution in [0.2, 0.25) is 0 Å². The Labute approximate surface area is 53.9 Å². The van der Waals surface area contributed by atoms with Gasteiger partial charge in [-0.05, 0) is 12.8 Å².